The number of aromatic nitrogens is 2. The average molecular weight is 264 g/mol. The molecule has 1 heterocycles. The number of hydrogen-bond donors (Lipinski definition) is 0. The second-order valence-electron chi connectivity index (χ2n) is 2.13. The fourth-order valence-electron chi connectivity index (χ4n) is 0.683. The van der Waals surface area contributed by atoms with Crippen LogP contribution < -0.4 is 0 Å². The van der Waals surface area contributed by atoms with Crippen LogP contribution in [-0.4, -0.2) is 16.6 Å². The highest BCUT2D eigenvalue weighted by Crippen LogP contribution is 2.16. The van der Waals surface area contributed by atoms with Crippen LogP contribution >= 0.6 is 27.5 Å². The molecule has 70 valence electrons. The summed E-state index contributed by atoms with van der Waals surface area (Å²) in [5.74, 6) is 0. The van der Waals surface area contributed by atoms with E-state index >= 15 is 0 Å². The lowest BCUT2D eigenvalue weighted by Crippen LogP contribution is -1.87. The minimum Gasteiger partial charge on any atom is -0.501 e. The van der Waals surface area contributed by atoms with Crippen LogP contribution in [0.15, 0.2) is 16.9 Å². The van der Waals surface area contributed by atoms with Gasteiger partial charge < -0.3 is 4.74 Å². The fourth-order valence-corrected chi connectivity index (χ4v) is 1.15. The first-order valence-electron chi connectivity index (χ1n) is 3.70. The maximum absolute atomic E-state index is 5.61. The minimum absolute atomic E-state index is 0.222. The standard InChI is InChI=1S/C8H8BrClN2O/c1-2-13-4-3-7-6(9)5-11-8(10)12-7/h3-5H,2H2,1H3/b4-3+. The van der Waals surface area contributed by atoms with Crippen LogP contribution in [0.2, 0.25) is 5.28 Å². The molecule has 0 saturated carbocycles. The summed E-state index contributed by atoms with van der Waals surface area (Å²) in [6.45, 7) is 2.54. The summed E-state index contributed by atoms with van der Waals surface area (Å²) in [5.41, 5.74) is 0.702. The molecule has 0 atom stereocenters. The molecule has 0 amide bonds. The first-order valence-corrected chi connectivity index (χ1v) is 4.87. The minimum atomic E-state index is 0.222. The topological polar surface area (TPSA) is 35.0 Å². The van der Waals surface area contributed by atoms with Gasteiger partial charge in [-0.25, -0.2) is 9.97 Å². The van der Waals surface area contributed by atoms with Gasteiger partial charge in [-0.2, -0.15) is 0 Å². The van der Waals surface area contributed by atoms with Gasteiger partial charge in [-0.05, 0) is 40.5 Å². The first kappa shape index (κ1) is 10.5. The highest BCUT2D eigenvalue weighted by Gasteiger charge is 1.99. The molecule has 0 saturated heterocycles. The Balaban J connectivity index is 2.81. The van der Waals surface area contributed by atoms with Gasteiger partial charge >= 0.3 is 0 Å². The van der Waals surface area contributed by atoms with Gasteiger partial charge in [0.15, 0.2) is 0 Å². The predicted molar refractivity (Wildman–Crippen MR) is 55.4 cm³/mol. The van der Waals surface area contributed by atoms with E-state index in [0.717, 1.165) is 4.47 Å². The van der Waals surface area contributed by atoms with Crippen molar-refractivity contribution in [2.75, 3.05) is 6.61 Å². The first-order chi connectivity index (χ1) is 6.24. The van der Waals surface area contributed by atoms with Crippen LogP contribution in [0.4, 0.5) is 0 Å². The Morgan fingerprint density at radius 2 is 2.46 bits per heavy atom. The molecule has 1 rings (SSSR count). The SMILES string of the molecule is CCO/C=C/c1nc(Cl)ncc1Br. The van der Waals surface area contributed by atoms with E-state index in [0.29, 0.717) is 12.3 Å². The van der Waals surface area contributed by atoms with E-state index in [2.05, 4.69) is 25.9 Å². The molecule has 13 heavy (non-hydrogen) atoms. The van der Waals surface area contributed by atoms with Crippen molar-refractivity contribution in [1.29, 1.82) is 0 Å². The Hall–Kier alpha value is -0.610. The molecule has 3 nitrogen and oxygen atoms in total. The van der Waals surface area contributed by atoms with E-state index in [1.54, 1.807) is 18.5 Å². The lowest BCUT2D eigenvalue weighted by atomic mass is 10.4. The van der Waals surface area contributed by atoms with Crippen LogP contribution in [-0.2, 0) is 4.74 Å². The Bertz CT molecular complexity index is 317. The molecule has 0 N–H and O–H groups in total. The summed E-state index contributed by atoms with van der Waals surface area (Å²) in [7, 11) is 0. The normalized spacial score (nSPS) is 10.7. The molecule has 0 aliphatic carbocycles. The van der Waals surface area contributed by atoms with E-state index < -0.39 is 0 Å². The van der Waals surface area contributed by atoms with Crippen LogP contribution in [0, 0.1) is 0 Å². The van der Waals surface area contributed by atoms with Crippen molar-refractivity contribution >= 4 is 33.6 Å². The Kier molecular flexibility index (Phi) is 4.18. The molecule has 0 fully saturated rings. The molecule has 0 spiro atoms. The van der Waals surface area contributed by atoms with Crippen LogP contribution in [0.5, 0.6) is 0 Å². The highest BCUT2D eigenvalue weighted by atomic mass is 79.9. The van der Waals surface area contributed by atoms with Gasteiger partial charge in [0.25, 0.3) is 0 Å². The third-order valence-electron chi connectivity index (χ3n) is 1.23. The van der Waals surface area contributed by atoms with Gasteiger partial charge in [0.1, 0.15) is 0 Å². The Morgan fingerprint density at radius 1 is 1.69 bits per heavy atom. The lowest BCUT2D eigenvalue weighted by Gasteiger charge is -1.97. The predicted octanol–water partition coefficient (Wildman–Crippen LogP) is 2.90. The fraction of sp³-hybridized carbons (Fsp3) is 0.250. The van der Waals surface area contributed by atoms with Gasteiger partial charge in [-0.15, -0.1) is 0 Å². The molecular formula is C8H8BrClN2O. The monoisotopic (exact) mass is 262 g/mol. The van der Waals surface area contributed by atoms with Gasteiger partial charge in [0.05, 0.1) is 23.0 Å². The summed E-state index contributed by atoms with van der Waals surface area (Å²) in [6, 6.07) is 0. The van der Waals surface area contributed by atoms with Gasteiger partial charge in [-0.1, -0.05) is 0 Å². The molecule has 0 bridgehead atoms. The lowest BCUT2D eigenvalue weighted by molar-refractivity contribution is 0.272. The van der Waals surface area contributed by atoms with Crippen molar-refractivity contribution in [2.24, 2.45) is 0 Å². The summed E-state index contributed by atoms with van der Waals surface area (Å²) in [5, 5.41) is 0.222. The molecule has 1 aromatic heterocycles. The van der Waals surface area contributed by atoms with E-state index in [9.17, 15) is 0 Å². The summed E-state index contributed by atoms with van der Waals surface area (Å²) < 4.78 is 5.81. The van der Waals surface area contributed by atoms with Gasteiger partial charge in [-0.3, -0.25) is 0 Å². The van der Waals surface area contributed by atoms with Crippen molar-refractivity contribution in [3.8, 4) is 0 Å². The highest BCUT2D eigenvalue weighted by molar-refractivity contribution is 9.10. The van der Waals surface area contributed by atoms with E-state index in [4.69, 9.17) is 16.3 Å². The third-order valence-corrected chi connectivity index (χ3v) is 2.02. The Morgan fingerprint density at radius 3 is 3.15 bits per heavy atom. The number of halogens is 2. The molecule has 0 radical (unpaired) electrons. The molecule has 0 aliphatic rings. The van der Waals surface area contributed by atoms with Crippen molar-refractivity contribution in [3.05, 3.63) is 27.9 Å². The molecule has 1 aromatic rings. The van der Waals surface area contributed by atoms with Crippen LogP contribution in [0.3, 0.4) is 0 Å². The number of nitrogens with zero attached hydrogens (tertiary/aromatic N) is 2. The average Bonchev–Trinajstić information content (AvgIpc) is 2.11. The largest absolute Gasteiger partial charge is 0.501 e. The van der Waals surface area contributed by atoms with E-state index in [-0.39, 0.29) is 5.28 Å². The molecule has 0 aromatic carbocycles. The number of ether oxygens (including phenoxy) is 1. The summed E-state index contributed by atoms with van der Waals surface area (Å²) in [4.78, 5) is 7.79. The quantitative estimate of drug-likeness (QED) is 0.621. The zero-order valence-electron chi connectivity index (χ0n) is 7.00. The Labute approximate surface area is 89.9 Å². The van der Waals surface area contributed by atoms with Crippen LogP contribution in [0.25, 0.3) is 6.08 Å². The molecule has 0 unspecified atom stereocenters. The van der Waals surface area contributed by atoms with E-state index in [1.807, 2.05) is 6.92 Å². The maximum atomic E-state index is 5.61. The van der Waals surface area contributed by atoms with Crippen molar-refractivity contribution in [1.82, 2.24) is 9.97 Å². The summed E-state index contributed by atoms with van der Waals surface area (Å²) in [6.07, 6.45) is 4.89. The maximum Gasteiger partial charge on any atom is 0.222 e. The third kappa shape index (κ3) is 3.32. The molecule has 5 heteroatoms. The van der Waals surface area contributed by atoms with Crippen LogP contribution in [0.1, 0.15) is 12.6 Å². The van der Waals surface area contributed by atoms with Crippen molar-refractivity contribution in [3.63, 3.8) is 0 Å². The second-order valence-corrected chi connectivity index (χ2v) is 3.32. The zero-order chi connectivity index (χ0) is 9.68. The van der Waals surface area contributed by atoms with Crippen molar-refractivity contribution in [2.45, 2.75) is 6.92 Å². The van der Waals surface area contributed by atoms with Crippen molar-refractivity contribution < 1.29 is 4.74 Å². The van der Waals surface area contributed by atoms with E-state index in [1.165, 1.54) is 0 Å². The van der Waals surface area contributed by atoms with Gasteiger partial charge in [0.2, 0.25) is 5.28 Å². The van der Waals surface area contributed by atoms with Gasteiger partial charge in [0, 0.05) is 6.20 Å². The second kappa shape index (κ2) is 5.19. The molecule has 0 aliphatic heterocycles. The summed E-state index contributed by atoms with van der Waals surface area (Å²) >= 11 is 8.90. The smallest absolute Gasteiger partial charge is 0.222 e. The number of hydrogen-bond acceptors (Lipinski definition) is 3. The molecular weight excluding hydrogens is 255 g/mol. The zero-order valence-corrected chi connectivity index (χ0v) is 9.34. The number of rotatable bonds is 3.